The molecule has 1 heterocycles. The molecule has 1 aliphatic rings. The van der Waals surface area contributed by atoms with Gasteiger partial charge in [-0.1, -0.05) is 52.0 Å². The first kappa shape index (κ1) is 25.5. The summed E-state index contributed by atoms with van der Waals surface area (Å²) in [5, 5.41) is 11.4. The highest BCUT2D eigenvalue weighted by atomic mass is 16.5. The third-order valence-electron chi connectivity index (χ3n) is 6.14. The van der Waals surface area contributed by atoms with Crippen LogP contribution in [0.2, 0.25) is 0 Å². The van der Waals surface area contributed by atoms with E-state index in [1.165, 1.54) is 4.90 Å². The lowest BCUT2D eigenvalue weighted by Gasteiger charge is -2.26. The summed E-state index contributed by atoms with van der Waals surface area (Å²) in [5.41, 5.74) is 3.16. The SMILES string of the molecule is CCOc1ccc(/C(O)=C2/C(=O)C(=O)N(CCOC)C2c2ccc(CC)cc2)cc1C(C)(C)C. The number of rotatable bonds is 8. The average molecular weight is 466 g/mol. The van der Waals surface area contributed by atoms with Crippen molar-refractivity contribution < 1.29 is 24.2 Å². The summed E-state index contributed by atoms with van der Waals surface area (Å²) in [4.78, 5) is 27.6. The van der Waals surface area contributed by atoms with Gasteiger partial charge in [0.1, 0.15) is 11.5 Å². The Morgan fingerprint density at radius 1 is 1.06 bits per heavy atom. The van der Waals surface area contributed by atoms with Gasteiger partial charge in [-0.05, 0) is 48.1 Å². The Morgan fingerprint density at radius 3 is 2.29 bits per heavy atom. The molecule has 0 saturated carbocycles. The Hall–Kier alpha value is -3.12. The molecule has 1 unspecified atom stereocenters. The Bertz CT molecular complexity index is 1080. The summed E-state index contributed by atoms with van der Waals surface area (Å²) in [5.74, 6) is -0.773. The van der Waals surface area contributed by atoms with E-state index < -0.39 is 17.7 Å². The maximum absolute atomic E-state index is 13.2. The highest BCUT2D eigenvalue weighted by Gasteiger charge is 2.46. The zero-order valence-corrected chi connectivity index (χ0v) is 21.0. The van der Waals surface area contributed by atoms with Crippen LogP contribution in [0.25, 0.3) is 5.76 Å². The second kappa shape index (κ2) is 10.4. The third kappa shape index (κ3) is 5.02. The molecule has 1 N–H and O–H groups in total. The van der Waals surface area contributed by atoms with Crippen LogP contribution in [-0.2, 0) is 26.2 Å². The predicted molar refractivity (Wildman–Crippen MR) is 133 cm³/mol. The first-order chi connectivity index (χ1) is 16.1. The van der Waals surface area contributed by atoms with E-state index in [0.717, 1.165) is 28.9 Å². The summed E-state index contributed by atoms with van der Waals surface area (Å²) >= 11 is 0. The van der Waals surface area contributed by atoms with Crippen molar-refractivity contribution >= 4 is 17.4 Å². The van der Waals surface area contributed by atoms with E-state index in [-0.39, 0.29) is 29.9 Å². The number of amides is 1. The topological polar surface area (TPSA) is 76.1 Å². The molecular weight excluding hydrogens is 430 g/mol. The number of benzene rings is 2. The molecule has 0 radical (unpaired) electrons. The molecule has 1 saturated heterocycles. The Morgan fingerprint density at radius 2 is 1.74 bits per heavy atom. The summed E-state index contributed by atoms with van der Waals surface area (Å²) in [6, 6.07) is 12.5. The number of aliphatic hydroxyl groups excluding tert-OH is 1. The maximum atomic E-state index is 13.2. The molecule has 3 rings (SSSR count). The van der Waals surface area contributed by atoms with Crippen molar-refractivity contribution in [2.24, 2.45) is 0 Å². The number of hydrogen-bond acceptors (Lipinski definition) is 5. The summed E-state index contributed by atoms with van der Waals surface area (Å²) in [6.07, 6.45) is 0.881. The minimum absolute atomic E-state index is 0.0920. The van der Waals surface area contributed by atoms with Crippen molar-refractivity contribution in [1.82, 2.24) is 4.90 Å². The van der Waals surface area contributed by atoms with Gasteiger partial charge in [-0.3, -0.25) is 9.59 Å². The average Bonchev–Trinajstić information content (AvgIpc) is 3.07. The van der Waals surface area contributed by atoms with Gasteiger partial charge in [-0.2, -0.15) is 0 Å². The minimum Gasteiger partial charge on any atom is -0.507 e. The van der Waals surface area contributed by atoms with Gasteiger partial charge in [-0.25, -0.2) is 0 Å². The van der Waals surface area contributed by atoms with E-state index in [2.05, 4.69) is 27.7 Å². The van der Waals surface area contributed by atoms with Gasteiger partial charge in [0, 0.05) is 24.8 Å². The monoisotopic (exact) mass is 465 g/mol. The normalized spacial score (nSPS) is 17.9. The van der Waals surface area contributed by atoms with Crippen LogP contribution < -0.4 is 4.74 Å². The van der Waals surface area contributed by atoms with Crippen LogP contribution in [0.5, 0.6) is 5.75 Å². The fourth-order valence-corrected chi connectivity index (χ4v) is 4.28. The molecule has 6 heteroatoms. The molecular formula is C28H35NO5. The van der Waals surface area contributed by atoms with E-state index in [4.69, 9.17) is 9.47 Å². The number of nitrogens with zero attached hydrogens (tertiary/aromatic N) is 1. The van der Waals surface area contributed by atoms with Gasteiger partial charge < -0.3 is 19.5 Å². The van der Waals surface area contributed by atoms with Crippen molar-refractivity contribution in [1.29, 1.82) is 0 Å². The highest BCUT2D eigenvalue weighted by molar-refractivity contribution is 6.46. The fourth-order valence-electron chi connectivity index (χ4n) is 4.28. The molecule has 1 amide bonds. The van der Waals surface area contributed by atoms with E-state index in [9.17, 15) is 14.7 Å². The summed E-state index contributed by atoms with van der Waals surface area (Å²) in [6.45, 7) is 11.2. The largest absolute Gasteiger partial charge is 0.507 e. The molecule has 182 valence electrons. The van der Waals surface area contributed by atoms with Crippen LogP contribution in [0.15, 0.2) is 48.0 Å². The van der Waals surface area contributed by atoms with Crippen molar-refractivity contribution in [3.8, 4) is 5.75 Å². The molecule has 2 aromatic rings. The molecule has 1 fully saturated rings. The number of carbonyl (C=O) groups excluding carboxylic acids is 2. The Balaban J connectivity index is 2.19. The van der Waals surface area contributed by atoms with Crippen molar-refractivity contribution in [3.63, 3.8) is 0 Å². The first-order valence-electron chi connectivity index (χ1n) is 11.8. The number of ether oxygens (including phenoxy) is 2. The Labute approximate surface area is 202 Å². The van der Waals surface area contributed by atoms with Crippen LogP contribution >= 0.6 is 0 Å². The molecule has 1 aliphatic heterocycles. The van der Waals surface area contributed by atoms with E-state index in [1.807, 2.05) is 43.3 Å². The van der Waals surface area contributed by atoms with E-state index >= 15 is 0 Å². The number of aryl methyl sites for hydroxylation is 1. The molecule has 0 bridgehead atoms. The summed E-state index contributed by atoms with van der Waals surface area (Å²) < 4.78 is 11.0. The lowest BCUT2D eigenvalue weighted by Crippen LogP contribution is -2.32. The standard InChI is InChI=1S/C28H35NO5/c1-7-18-9-11-19(12-10-18)24-23(26(31)27(32)29(24)15-16-33-6)25(30)20-13-14-22(34-8-2)21(17-20)28(3,4)5/h9-14,17,24,30H,7-8,15-16H2,1-6H3/b25-23-. The van der Waals surface area contributed by atoms with Crippen molar-refractivity contribution in [2.45, 2.75) is 52.5 Å². The molecule has 2 aromatic carbocycles. The zero-order valence-electron chi connectivity index (χ0n) is 21.0. The van der Waals surface area contributed by atoms with Gasteiger partial charge in [0.05, 0.1) is 24.8 Å². The smallest absolute Gasteiger partial charge is 0.295 e. The van der Waals surface area contributed by atoms with Gasteiger partial charge >= 0.3 is 0 Å². The number of aliphatic hydroxyl groups is 1. The second-order valence-corrected chi connectivity index (χ2v) is 9.47. The van der Waals surface area contributed by atoms with E-state index in [1.54, 1.807) is 13.2 Å². The number of Topliss-reactive ketones (excluding diaryl/α,β-unsaturated/α-hetero) is 1. The summed E-state index contributed by atoms with van der Waals surface area (Å²) in [7, 11) is 1.55. The highest BCUT2D eigenvalue weighted by Crippen LogP contribution is 2.41. The molecule has 1 atom stereocenters. The van der Waals surface area contributed by atoms with E-state index in [0.29, 0.717) is 12.2 Å². The van der Waals surface area contributed by atoms with Crippen LogP contribution in [-0.4, -0.2) is 48.6 Å². The molecule has 34 heavy (non-hydrogen) atoms. The van der Waals surface area contributed by atoms with Crippen molar-refractivity contribution in [3.05, 3.63) is 70.3 Å². The number of likely N-dealkylation sites (tertiary alicyclic amines) is 1. The van der Waals surface area contributed by atoms with Gasteiger partial charge in [0.15, 0.2) is 0 Å². The Kier molecular flexibility index (Phi) is 7.82. The number of hydrogen-bond donors (Lipinski definition) is 1. The lowest BCUT2D eigenvalue weighted by atomic mass is 9.84. The first-order valence-corrected chi connectivity index (χ1v) is 11.8. The molecule has 0 aromatic heterocycles. The predicted octanol–water partition coefficient (Wildman–Crippen LogP) is 5.01. The second-order valence-electron chi connectivity index (χ2n) is 9.47. The quantitative estimate of drug-likeness (QED) is 0.337. The van der Waals surface area contributed by atoms with Crippen molar-refractivity contribution in [2.75, 3.05) is 26.9 Å². The van der Waals surface area contributed by atoms with Gasteiger partial charge in [0.2, 0.25) is 0 Å². The lowest BCUT2D eigenvalue weighted by molar-refractivity contribution is -0.140. The minimum atomic E-state index is -0.690. The van der Waals surface area contributed by atoms with Crippen LogP contribution in [0, 0.1) is 0 Å². The maximum Gasteiger partial charge on any atom is 0.295 e. The van der Waals surface area contributed by atoms with Crippen LogP contribution in [0.3, 0.4) is 0 Å². The molecule has 6 nitrogen and oxygen atoms in total. The van der Waals surface area contributed by atoms with Gasteiger partial charge in [0.25, 0.3) is 11.7 Å². The number of carbonyl (C=O) groups is 2. The molecule has 0 aliphatic carbocycles. The van der Waals surface area contributed by atoms with Crippen LogP contribution in [0.1, 0.15) is 62.9 Å². The number of methoxy groups -OCH3 is 1. The fraction of sp³-hybridized carbons (Fsp3) is 0.429. The van der Waals surface area contributed by atoms with Gasteiger partial charge in [-0.15, -0.1) is 0 Å². The zero-order chi connectivity index (χ0) is 25.0. The third-order valence-corrected chi connectivity index (χ3v) is 6.14. The van der Waals surface area contributed by atoms with Crippen LogP contribution in [0.4, 0.5) is 0 Å². The molecule has 0 spiro atoms. The number of ketones is 1.